The van der Waals surface area contributed by atoms with Crippen LogP contribution in [0.4, 0.5) is 0 Å². The third kappa shape index (κ3) is 3.04. The van der Waals surface area contributed by atoms with Crippen LogP contribution in [0.2, 0.25) is 5.02 Å². The van der Waals surface area contributed by atoms with Gasteiger partial charge in [0.05, 0.1) is 5.69 Å². The number of hydrogen-bond acceptors (Lipinski definition) is 3. The summed E-state index contributed by atoms with van der Waals surface area (Å²) in [5, 5.41) is 3.70. The van der Waals surface area contributed by atoms with E-state index in [0.29, 0.717) is 11.4 Å². The quantitative estimate of drug-likeness (QED) is 0.791. The molecule has 0 unspecified atom stereocenters. The van der Waals surface area contributed by atoms with Gasteiger partial charge >= 0.3 is 0 Å². The maximum Gasteiger partial charge on any atom is 0.250 e. The lowest BCUT2D eigenvalue weighted by Gasteiger charge is -2.15. The lowest BCUT2D eigenvalue weighted by atomic mass is 10.2. The van der Waals surface area contributed by atoms with Gasteiger partial charge in [0, 0.05) is 34.6 Å². The van der Waals surface area contributed by atoms with Gasteiger partial charge in [-0.05, 0) is 43.0 Å². The number of allylic oxidation sites excluding steroid dienone is 3. The van der Waals surface area contributed by atoms with E-state index < -0.39 is 0 Å². The first-order valence-corrected chi connectivity index (χ1v) is 9.38. The van der Waals surface area contributed by atoms with Gasteiger partial charge in [-0.1, -0.05) is 29.8 Å². The number of carbonyl (C=O) groups excluding carboxylic acids is 1. The number of rotatable bonds is 3. The molecule has 1 aromatic carbocycles. The molecule has 1 fully saturated rings. The molecule has 0 bridgehead atoms. The molecule has 2 aliphatic rings. The first-order chi connectivity index (χ1) is 11.7. The Labute approximate surface area is 150 Å². The van der Waals surface area contributed by atoms with Crippen LogP contribution in [0.3, 0.4) is 0 Å². The number of nitrogens with zero attached hydrogens (tertiary/aromatic N) is 2. The zero-order valence-electron chi connectivity index (χ0n) is 13.2. The molecular weight excluding hydrogens is 340 g/mol. The van der Waals surface area contributed by atoms with Gasteiger partial charge < -0.3 is 4.90 Å². The molecule has 1 aliphatic heterocycles. The summed E-state index contributed by atoms with van der Waals surface area (Å²) in [5.41, 5.74) is 3.88. The maximum atomic E-state index is 12.5. The van der Waals surface area contributed by atoms with Crippen LogP contribution >= 0.6 is 22.9 Å². The summed E-state index contributed by atoms with van der Waals surface area (Å²) >= 11 is 7.66. The summed E-state index contributed by atoms with van der Waals surface area (Å²) in [7, 11) is 0. The fourth-order valence-electron chi connectivity index (χ4n) is 3.14. The van der Waals surface area contributed by atoms with Crippen molar-refractivity contribution in [3.63, 3.8) is 0 Å². The number of aromatic nitrogens is 1. The summed E-state index contributed by atoms with van der Waals surface area (Å²) in [6, 6.07) is 7.72. The fraction of sp³-hybridized carbons (Fsp3) is 0.263. The average Bonchev–Trinajstić information content (AvgIpc) is 3.34. The normalized spacial score (nSPS) is 17.1. The molecule has 2 aromatic rings. The van der Waals surface area contributed by atoms with Gasteiger partial charge in [0.25, 0.3) is 0 Å². The van der Waals surface area contributed by atoms with Crippen molar-refractivity contribution < 1.29 is 4.79 Å². The van der Waals surface area contributed by atoms with Crippen LogP contribution in [0, 0.1) is 0 Å². The maximum absolute atomic E-state index is 12.5. The number of thiazole rings is 1. The largest absolute Gasteiger partial charge is 0.339 e. The molecule has 5 heteroatoms. The summed E-state index contributed by atoms with van der Waals surface area (Å²) in [4.78, 5) is 19.2. The molecule has 0 spiro atoms. The van der Waals surface area contributed by atoms with E-state index >= 15 is 0 Å². The van der Waals surface area contributed by atoms with Crippen LogP contribution in [-0.4, -0.2) is 28.9 Å². The minimum Gasteiger partial charge on any atom is -0.339 e. The summed E-state index contributed by atoms with van der Waals surface area (Å²) < 4.78 is 0. The molecule has 2 heterocycles. The van der Waals surface area contributed by atoms with Gasteiger partial charge in [0.15, 0.2) is 0 Å². The predicted octanol–water partition coefficient (Wildman–Crippen LogP) is 4.80. The van der Waals surface area contributed by atoms with E-state index in [-0.39, 0.29) is 5.91 Å². The molecule has 3 nitrogen and oxygen atoms in total. The van der Waals surface area contributed by atoms with Gasteiger partial charge in [-0.2, -0.15) is 0 Å². The second-order valence-corrected chi connectivity index (χ2v) is 7.38. The monoisotopic (exact) mass is 356 g/mol. The molecule has 1 saturated heterocycles. The Kier molecular flexibility index (Phi) is 4.25. The standard InChI is InChI=1S/C19H17ClN2OS/c20-16-5-3-4-14(11-16)18-21-17(12-24-18)13-6-7-15(10-13)19(23)22-8-1-2-9-22/h3-6,10-12H,1-2,7-9H2. The topological polar surface area (TPSA) is 33.2 Å². The van der Waals surface area contributed by atoms with Gasteiger partial charge in [-0.15, -0.1) is 11.3 Å². The van der Waals surface area contributed by atoms with Crippen molar-refractivity contribution in [3.8, 4) is 10.6 Å². The highest BCUT2D eigenvalue weighted by Crippen LogP contribution is 2.32. The van der Waals surface area contributed by atoms with Crippen molar-refractivity contribution in [3.05, 3.63) is 58.1 Å². The summed E-state index contributed by atoms with van der Waals surface area (Å²) in [5.74, 6) is 0.184. The summed E-state index contributed by atoms with van der Waals surface area (Å²) in [6.07, 6.45) is 7.04. The smallest absolute Gasteiger partial charge is 0.250 e. The lowest BCUT2D eigenvalue weighted by molar-refractivity contribution is -0.126. The van der Waals surface area contributed by atoms with Gasteiger partial charge in [0.1, 0.15) is 5.01 Å². The van der Waals surface area contributed by atoms with Crippen molar-refractivity contribution in [1.82, 2.24) is 9.88 Å². The van der Waals surface area contributed by atoms with Crippen LogP contribution in [0.15, 0.2) is 47.4 Å². The molecule has 0 atom stereocenters. The van der Waals surface area contributed by atoms with Crippen molar-refractivity contribution in [1.29, 1.82) is 0 Å². The number of halogens is 1. The Morgan fingerprint density at radius 3 is 2.88 bits per heavy atom. The van der Waals surface area contributed by atoms with Crippen LogP contribution < -0.4 is 0 Å². The number of benzene rings is 1. The first kappa shape index (κ1) is 15.6. The second-order valence-electron chi connectivity index (χ2n) is 6.08. The van der Waals surface area contributed by atoms with E-state index in [9.17, 15) is 4.79 Å². The van der Waals surface area contributed by atoms with Crippen LogP contribution in [0.5, 0.6) is 0 Å². The Bertz CT molecular complexity index is 847. The molecular formula is C19H17ClN2OS. The Hall–Kier alpha value is -1.91. The van der Waals surface area contributed by atoms with E-state index in [2.05, 4.69) is 6.08 Å². The molecule has 24 heavy (non-hydrogen) atoms. The van der Waals surface area contributed by atoms with Crippen LogP contribution in [0.25, 0.3) is 16.1 Å². The molecule has 0 N–H and O–H groups in total. The van der Waals surface area contributed by atoms with Gasteiger partial charge in [-0.3, -0.25) is 4.79 Å². The zero-order valence-corrected chi connectivity index (χ0v) is 14.7. The minimum absolute atomic E-state index is 0.184. The molecule has 0 radical (unpaired) electrons. The van der Waals surface area contributed by atoms with Crippen molar-refractivity contribution in [2.45, 2.75) is 19.3 Å². The number of amides is 1. The van der Waals surface area contributed by atoms with E-state index in [0.717, 1.165) is 53.3 Å². The molecule has 0 saturated carbocycles. The molecule has 1 aliphatic carbocycles. The van der Waals surface area contributed by atoms with E-state index in [1.165, 1.54) is 0 Å². The Morgan fingerprint density at radius 2 is 2.08 bits per heavy atom. The SMILES string of the molecule is O=C(C1=CC(c2csc(-c3cccc(Cl)c3)n2)=CC1)N1CCCC1. The van der Waals surface area contributed by atoms with Crippen molar-refractivity contribution in [2.75, 3.05) is 13.1 Å². The third-order valence-electron chi connectivity index (χ3n) is 4.41. The van der Waals surface area contributed by atoms with Gasteiger partial charge in [0.2, 0.25) is 5.91 Å². The Balaban J connectivity index is 1.54. The average molecular weight is 357 g/mol. The van der Waals surface area contributed by atoms with E-state index in [1.54, 1.807) is 11.3 Å². The van der Waals surface area contributed by atoms with Crippen molar-refractivity contribution in [2.24, 2.45) is 0 Å². The van der Waals surface area contributed by atoms with Crippen LogP contribution in [-0.2, 0) is 4.79 Å². The fourth-order valence-corrected chi connectivity index (χ4v) is 4.15. The second kappa shape index (κ2) is 6.54. The lowest BCUT2D eigenvalue weighted by Crippen LogP contribution is -2.28. The van der Waals surface area contributed by atoms with E-state index in [4.69, 9.17) is 16.6 Å². The van der Waals surface area contributed by atoms with E-state index in [1.807, 2.05) is 40.6 Å². The Morgan fingerprint density at radius 1 is 1.25 bits per heavy atom. The molecule has 1 aromatic heterocycles. The van der Waals surface area contributed by atoms with Gasteiger partial charge in [-0.25, -0.2) is 4.98 Å². The summed E-state index contributed by atoms with van der Waals surface area (Å²) in [6.45, 7) is 1.78. The number of hydrogen-bond donors (Lipinski definition) is 0. The first-order valence-electron chi connectivity index (χ1n) is 8.12. The molecule has 1 amide bonds. The highest BCUT2D eigenvalue weighted by atomic mass is 35.5. The third-order valence-corrected chi connectivity index (χ3v) is 5.54. The van der Waals surface area contributed by atoms with Crippen molar-refractivity contribution >= 4 is 34.4 Å². The van der Waals surface area contributed by atoms with Crippen LogP contribution in [0.1, 0.15) is 25.0 Å². The number of likely N-dealkylation sites (tertiary alicyclic amines) is 1. The highest BCUT2D eigenvalue weighted by molar-refractivity contribution is 7.13. The number of carbonyl (C=O) groups is 1. The molecule has 122 valence electrons. The predicted molar refractivity (Wildman–Crippen MR) is 99.1 cm³/mol. The molecule has 4 rings (SSSR count). The highest BCUT2D eigenvalue weighted by Gasteiger charge is 2.24. The zero-order chi connectivity index (χ0) is 16.5. The minimum atomic E-state index is 0.184.